The Labute approximate surface area is 81.0 Å². The average molecular weight is 198 g/mol. The topological polar surface area (TPSA) is 26.3 Å². The van der Waals surface area contributed by atoms with Crippen molar-refractivity contribution in [1.29, 1.82) is 0 Å². The second-order valence-corrected chi connectivity index (χ2v) is 9.82. The molecule has 1 unspecified atom stereocenters. The molecule has 0 spiro atoms. The molecule has 0 aromatic rings. The van der Waals surface area contributed by atoms with Gasteiger partial charge < -0.3 is 4.74 Å². The van der Waals surface area contributed by atoms with Crippen LogP contribution in [0.5, 0.6) is 0 Å². The fourth-order valence-electron chi connectivity index (χ4n) is 1.26. The maximum absolute atomic E-state index is 11.1. The van der Waals surface area contributed by atoms with Crippen LogP contribution in [-0.2, 0) is 9.53 Å². The summed E-state index contributed by atoms with van der Waals surface area (Å²) in [7, 11) is 0.371. The van der Waals surface area contributed by atoms with Crippen LogP contribution in [0.1, 0.15) is 6.42 Å². The van der Waals surface area contributed by atoms with Crippen LogP contribution < -0.4 is 0 Å². The first-order valence-corrected chi connectivity index (χ1v) is 8.29. The fourth-order valence-corrected chi connectivity index (χ4v) is 2.09. The lowest BCUT2D eigenvalue weighted by atomic mass is 10.3. The summed E-state index contributed by atoms with van der Waals surface area (Å²) in [5.41, 5.74) is 2.31. The number of ether oxygens (including phenoxy) is 1. The largest absolute Gasteiger partial charge is 0.469 e. The van der Waals surface area contributed by atoms with Gasteiger partial charge in [0.15, 0.2) is 0 Å². The normalized spacial score (nSPS) is 27.7. The summed E-state index contributed by atoms with van der Waals surface area (Å²) >= 11 is 0. The van der Waals surface area contributed by atoms with Crippen LogP contribution in [0, 0.1) is 11.8 Å². The van der Waals surface area contributed by atoms with Crippen LogP contribution in [0.15, 0.2) is 11.8 Å². The Balaban J connectivity index is 2.36. The number of methoxy groups -OCH3 is 1. The predicted octanol–water partition coefficient (Wildman–Crippen LogP) is 2.23. The minimum atomic E-state index is -1.09. The standard InChI is InChI=1S/C10H18O2Si/c1-12-10(11)9-7-8(9)5-6-13(2,3)4/h5-6,8-9H,7H2,1-4H3/b6-5+/t8?,9-/m1/s1. The second-order valence-electron chi connectivity index (χ2n) is 4.75. The van der Waals surface area contributed by atoms with Gasteiger partial charge in [-0.2, -0.15) is 0 Å². The highest BCUT2D eigenvalue weighted by Crippen LogP contribution is 2.40. The van der Waals surface area contributed by atoms with E-state index in [0.717, 1.165) is 6.42 Å². The highest BCUT2D eigenvalue weighted by Gasteiger charge is 2.42. The SMILES string of the molecule is COC(=O)[C@@H]1CC1/C=C/[Si](C)(C)C. The third kappa shape index (κ3) is 3.34. The Bertz CT molecular complexity index is 228. The molecular formula is C10H18O2Si. The molecule has 0 saturated heterocycles. The minimum absolute atomic E-state index is 0.0507. The van der Waals surface area contributed by atoms with Gasteiger partial charge in [0.2, 0.25) is 0 Å². The minimum Gasteiger partial charge on any atom is -0.469 e. The molecule has 1 saturated carbocycles. The third-order valence-electron chi connectivity index (χ3n) is 2.19. The van der Waals surface area contributed by atoms with E-state index in [-0.39, 0.29) is 11.9 Å². The van der Waals surface area contributed by atoms with Crippen LogP contribution >= 0.6 is 0 Å². The average Bonchev–Trinajstić information content (AvgIpc) is 2.77. The molecule has 0 aromatic carbocycles. The van der Waals surface area contributed by atoms with E-state index in [4.69, 9.17) is 0 Å². The zero-order valence-corrected chi connectivity index (χ0v) is 9.83. The van der Waals surface area contributed by atoms with Gasteiger partial charge in [-0.3, -0.25) is 4.79 Å². The van der Waals surface area contributed by atoms with Crippen molar-refractivity contribution < 1.29 is 9.53 Å². The number of esters is 1. The molecule has 1 rings (SSSR count). The van der Waals surface area contributed by atoms with Gasteiger partial charge in [-0.1, -0.05) is 31.4 Å². The number of hydrogen-bond acceptors (Lipinski definition) is 2. The number of carbonyl (C=O) groups excluding carboxylic acids is 1. The van der Waals surface area contributed by atoms with Crippen LogP contribution in [0.3, 0.4) is 0 Å². The Morgan fingerprint density at radius 2 is 2.08 bits per heavy atom. The van der Waals surface area contributed by atoms with E-state index in [1.165, 1.54) is 7.11 Å². The smallest absolute Gasteiger partial charge is 0.309 e. The number of carbonyl (C=O) groups is 1. The van der Waals surface area contributed by atoms with E-state index in [1.54, 1.807) is 0 Å². The van der Waals surface area contributed by atoms with Crippen molar-refractivity contribution in [3.05, 3.63) is 11.8 Å². The highest BCUT2D eigenvalue weighted by atomic mass is 28.3. The number of rotatable bonds is 3. The molecule has 0 radical (unpaired) electrons. The maximum Gasteiger partial charge on any atom is 0.309 e. The Hall–Kier alpha value is -0.573. The molecule has 0 bridgehead atoms. The van der Waals surface area contributed by atoms with Crippen LogP contribution in [0.25, 0.3) is 0 Å². The lowest BCUT2D eigenvalue weighted by Gasteiger charge is -2.07. The molecular weight excluding hydrogens is 180 g/mol. The van der Waals surface area contributed by atoms with Gasteiger partial charge >= 0.3 is 5.97 Å². The second kappa shape index (κ2) is 3.66. The summed E-state index contributed by atoms with van der Waals surface area (Å²) in [6.07, 6.45) is 3.18. The maximum atomic E-state index is 11.1. The summed E-state index contributed by atoms with van der Waals surface area (Å²) < 4.78 is 4.67. The molecule has 0 amide bonds. The van der Waals surface area contributed by atoms with E-state index in [9.17, 15) is 4.79 Å². The summed E-state index contributed by atoms with van der Waals surface area (Å²) in [6, 6.07) is 0. The highest BCUT2D eigenvalue weighted by molar-refractivity contribution is 6.80. The van der Waals surface area contributed by atoms with Crippen LogP contribution in [0.4, 0.5) is 0 Å². The molecule has 0 heterocycles. The van der Waals surface area contributed by atoms with E-state index >= 15 is 0 Å². The van der Waals surface area contributed by atoms with Gasteiger partial charge in [0.05, 0.1) is 21.1 Å². The number of hydrogen-bond donors (Lipinski definition) is 0. The zero-order chi connectivity index (χ0) is 10.1. The summed E-state index contributed by atoms with van der Waals surface area (Å²) in [6.45, 7) is 6.87. The quantitative estimate of drug-likeness (QED) is 0.513. The molecule has 1 aliphatic carbocycles. The molecule has 1 aliphatic rings. The first kappa shape index (κ1) is 10.5. The third-order valence-corrected chi connectivity index (χ3v) is 3.38. The Morgan fingerprint density at radius 3 is 2.54 bits per heavy atom. The van der Waals surface area contributed by atoms with Crippen molar-refractivity contribution in [3.8, 4) is 0 Å². The summed E-state index contributed by atoms with van der Waals surface area (Å²) in [5, 5.41) is 0. The van der Waals surface area contributed by atoms with Gasteiger partial charge in [-0.15, -0.1) is 0 Å². The van der Waals surface area contributed by atoms with E-state index in [0.29, 0.717) is 5.92 Å². The van der Waals surface area contributed by atoms with Crippen LogP contribution in [0.2, 0.25) is 19.6 Å². The van der Waals surface area contributed by atoms with Crippen molar-refractivity contribution in [1.82, 2.24) is 0 Å². The number of allylic oxidation sites excluding steroid dienone is 1. The fraction of sp³-hybridized carbons (Fsp3) is 0.700. The van der Waals surface area contributed by atoms with Gasteiger partial charge in [0.1, 0.15) is 0 Å². The van der Waals surface area contributed by atoms with Gasteiger partial charge in [0.25, 0.3) is 0 Å². The Kier molecular flexibility index (Phi) is 2.96. The molecule has 0 N–H and O–H groups in total. The predicted molar refractivity (Wildman–Crippen MR) is 56.1 cm³/mol. The first-order valence-electron chi connectivity index (χ1n) is 4.71. The molecule has 0 aromatic heterocycles. The molecule has 1 fully saturated rings. The van der Waals surface area contributed by atoms with Gasteiger partial charge in [-0.05, 0) is 12.3 Å². The lowest BCUT2D eigenvalue weighted by Crippen LogP contribution is -2.15. The van der Waals surface area contributed by atoms with Crippen molar-refractivity contribution in [2.24, 2.45) is 11.8 Å². The van der Waals surface area contributed by atoms with Gasteiger partial charge in [-0.25, -0.2) is 0 Å². The monoisotopic (exact) mass is 198 g/mol. The van der Waals surface area contributed by atoms with E-state index in [2.05, 4.69) is 36.2 Å². The summed E-state index contributed by atoms with van der Waals surface area (Å²) in [4.78, 5) is 11.1. The van der Waals surface area contributed by atoms with Crippen molar-refractivity contribution in [2.45, 2.75) is 26.1 Å². The molecule has 13 heavy (non-hydrogen) atoms. The van der Waals surface area contributed by atoms with Crippen LogP contribution in [-0.4, -0.2) is 21.2 Å². The van der Waals surface area contributed by atoms with E-state index < -0.39 is 8.07 Å². The molecule has 2 atom stereocenters. The van der Waals surface area contributed by atoms with Gasteiger partial charge in [0, 0.05) is 0 Å². The van der Waals surface area contributed by atoms with E-state index in [1.807, 2.05) is 0 Å². The van der Waals surface area contributed by atoms with Crippen molar-refractivity contribution in [2.75, 3.05) is 7.11 Å². The molecule has 0 aliphatic heterocycles. The lowest BCUT2D eigenvalue weighted by molar-refractivity contribution is -0.142. The molecule has 2 nitrogen and oxygen atoms in total. The zero-order valence-electron chi connectivity index (χ0n) is 8.83. The molecule has 3 heteroatoms. The van der Waals surface area contributed by atoms with Crippen molar-refractivity contribution >= 4 is 14.0 Å². The summed E-state index contributed by atoms with van der Waals surface area (Å²) in [5.74, 6) is 0.557. The molecule has 74 valence electrons. The Morgan fingerprint density at radius 1 is 1.46 bits per heavy atom. The van der Waals surface area contributed by atoms with Crippen molar-refractivity contribution in [3.63, 3.8) is 0 Å². The first-order chi connectivity index (χ1) is 5.94.